The Morgan fingerprint density at radius 3 is 2.75 bits per heavy atom. The molecule has 1 unspecified atom stereocenters. The molecule has 1 aromatic carbocycles. The standard InChI is InChI=1S/C12H15BrO3/c1-8-4-11(13)5-10(6-14)12(8)16-7-9(2)15-3/h4-6,9H,7H2,1-3H3. The lowest BCUT2D eigenvalue weighted by Crippen LogP contribution is -2.17. The number of hydrogen-bond donors (Lipinski definition) is 0. The van der Waals surface area contributed by atoms with E-state index in [4.69, 9.17) is 9.47 Å². The van der Waals surface area contributed by atoms with Gasteiger partial charge in [-0.05, 0) is 31.5 Å². The number of aryl methyl sites for hydroxylation is 1. The van der Waals surface area contributed by atoms with Gasteiger partial charge in [0.15, 0.2) is 6.29 Å². The molecule has 1 aromatic rings. The highest BCUT2D eigenvalue weighted by Crippen LogP contribution is 2.27. The molecule has 0 heterocycles. The third-order valence-electron chi connectivity index (χ3n) is 2.26. The molecule has 0 N–H and O–H groups in total. The summed E-state index contributed by atoms with van der Waals surface area (Å²) in [6, 6.07) is 3.66. The highest BCUT2D eigenvalue weighted by atomic mass is 79.9. The predicted molar refractivity (Wildman–Crippen MR) is 66.2 cm³/mol. The average molecular weight is 287 g/mol. The number of aldehydes is 1. The fraction of sp³-hybridized carbons (Fsp3) is 0.417. The number of ether oxygens (including phenoxy) is 2. The van der Waals surface area contributed by atoms with Gasteiger partial charge in [-0.2, -0.15) is 0 Å². The van der Waals surface area contributed by atoms with Gasteiger partial charge in [0.25, 0.3) is 0 Å². The van der Waals surface area contributed by atoms with Crippen molar-refractivity contribution in [2.75, 3.05) is 13.7 Å². The Bertz CT molecular complexity index is 377. The third-order valence-corrected chi connectivity index (χ3v) is 2.72. The Labute approximate surface area is 104 Å². The van der Waals surface area contributed by atoms with Gasteiger partial charge in [0, 0.05) is 11.6 Å². The van der Waals surface area contributed by atoms with Crippen LogP contribution in [0.25, 0.3) is 0 Å². The van der Waals surface area contributed by atoms with Crippen molar-refractivity contribution in [3.63, 3.8) is 0 Å². The number of carbonyl (C=O) groups is 1. The van der Waals surface area contributed by atoms with Gasteiger partial charge in [0.1, 0.15) is 12.4 Å². The van der Waals surface area contributed by atoms with E-state index in [9.17, 15) is 4.79 Å². The lowest BCUT2D eigenvalue weighted by Gasteiger charge is -2.15. The topological polar surface area (TPSA) is 35.5 Å². The van der Waals surface area contributed by atoms with Crippen molar-refractivity contribution in [1.29, 1.82) is 0 Å². The molecule has 0 fully saturated rings. The zero-order valence-electron chi connectivity index (χ0n) is 9.62. The van der Waals surface area contributed by atoms with E-state index in [-0.39, 0.29) is 6.10 Å². The lowest BCUT2D eigenvalue weighted by atomic mass is 10.1. The Kier molecular flexibility index (Phi) is 4.96. The van der Waals surface area contributed by atoms with Gasteiger partial charge in [-0.25, -0.2) is 0 Å². The largest absolute Gasteiger partial charge is 0.490 e. The summed E-state index contributed by atoms with van der Waals surface area (Å²) >= 11 is 3.34. The van der Waals surface area contributed by atoms with Crippen LogP contribution in [0.3, 0.4) is 0 Å². The minimum absolute atomic E-state index is 0.00236. The minimum atomic E-state index is 0.00236. The van der Waals surface area contributed by atoms with Crippen LogP contribution in [-0.2, 0) is 4.74 Å². The summed E-state index contributed by atoms with van der Waals surface area (Å²) in [5.41, 5.74) is 1.48. The van der Waals surface area contributed by atoms with Crippen LogP contribution in [0.15, 0.2) is 16.6 Å². The predicted octanol–water partition coefficient (Wildman–Crippen LogP) is 2.98. The molecule has 88 valence electrons. The Hall–Kier alpha value is -0.870. The quantitative estimate of drug-likeness (QED) is 0.781. The molecular weight excluding hydrogens is 272 g/mol. The van der Waals surface area contributed by atoms with Crippen LogP contribution in [0.1, 0.15) is 22.8 Å². The van der Waals surface area contributed by atoms with E-state index in [0.29, 0.717) is 17.9 Å². The highest BCUT2D eigenvalue weighted by molar-refractivity contribution is 9.10. The smallest absolute Gasteiger partial charge is 0.153 e. The van der Waals surface area contributed by atoms with E-state index in [1.807, 2.05) is 19.9 Å². The van der Waals surface area contributed by atoms with E-state index in [0.717, 1.165) is 16.3 Å². The maximum Gasteiger partial charge on any atom is 0.153 e. The number of rotatable bonds is 5. The summed E-state index contributed by atoms with van der Waals surface area (Å²) < 4.78 is 11.6. The fourth-order valence-electron chi connectivity index (χ4n) is 1.31. The van der Waals surface area contributed by atoms with Gasteiger partial charge >= 0.3 is 0 Å². The molecule has 0 aliphatic heterocycles. The Morgan fingerprint density at radius 2 is 2.19 bits per heavy atom. The van der Waals surface area contributed by atoms with Crippen molar-refractivity contribution in [3.8, 4) is 5.75 Å². The van der Waals surface area contributed by atoms with Gasteiger partial charge in [0.05, 0.1) is 11.7 Å². The first-order valence-corrected chi connectivity index (χ1v) is 5.78. The molecule has 1 atom stereocenters. The molecule has 0 spiro atoms. The van der Waals surface area contributed by atoms with Crippen molar-refractivity contribution in [1.82, 2.24) is 0 Å². The zero-order valence-corrected chi connectivity index (χ0v) is 11.2. The number of hydrogen-bond acceptors (Lipinski definition) is 3. The van der Waals surface area contributed by atoms with Crippen LogP contribution >= 0.6 is 15.9 Å². The summed E-state index contributed by atoms with van der Waals surface area (Å²) in [7, 11) is 1.63. The fourth-order valence-corrected chi connectivity index (χ4v) is 1.90. The maximum atomic E-state index is 10.9. The van der Waals surface area contributed by atoms with Crippen molar-refractivity contribution in [2.24, 2.45) is 0 Å². The van der Waals surface area contributed by atoms with E-state index in [1.54, 1.807) is 13.2 Å². The second kappa shape index (κ2) is 6.01. The zero-order chi connectivity index (χ0) is 12.1. The number of carbonyl (C=O) groups excluding carboxylic acids is 1. The molecule has 0 saturated heterocycles. The Balaban J connectivity index is 2.89. The summed E-state index contributed by atoms with van der Waals surface area (Å²) in [4.78, 5) is 10.9. The Morgan fingerprint density at radius 1 is 1.50 bits per heavy atom. The van der Waals surface area contributed by atoms with Crippen molar-refractivity contribution < 1.29 is 14.3 Å². The molecule has 0 radical (unpaired) electrons. The van der Waals surface area contributed by atoms with Gasteiger partial charge in [-0.3, -0.25) is 4.79 Å². The number of halogens is 1. The van der Waals surface area contributed by atoms with Crippen LogP contribution < -0.4 is 4.74 Å². The van der Waals surface area contributed by atoms with Crippen LogP contribution in [0.2, 0.25) is 0 Å². The lowest BCUT2D eigenvalue weighted by molar-refractivity contribution is 0.0709. The molecule has 0 aliphatic rings. The molecule has 0 aliphatic carbocycles. The molecular formula is C12H15BrO3. The summed E-state index contributed by atoms with van der Waals surface area (Å²) in [5.74, 6) is 0.627. The molecule has 4 heteroatoms. The minimum Gasteiger partial charge on any atom is -0.490 e. The summed E-state index contributed by atoms with van der Waals surface area (Å²) in [6.07, 6.45) is 0.799. The van der Waals surface area contributed by atoms with E-state index in [1.165, 1.54) is 0 Å². The third kappa shape index (κ3) is 3.32. The van der Waals surface area contributed by atoms with E-state index < -0.39 is 0 Å². The molecule has 1 rings (SSSR count). The first-order valence-electron chi connectivity index (χ1n) is 4.99. The van der Waals surface area contributed by atoms with Crippen LogP contribution in [0.5, 0.6) is 5.75 Å². The highest BCUT2D eigenvalue weighted by Gasteiger charge is 2.10. The second-order valence-corrected chi connectivity index (χ2v) is 4.53. The molecule has 0 saturated carbocycles. The molecule has 0 bridgehead atoms. The van der Waals surface area contributed by atoms with E-state index >= 15 is 0 Å². The van der Waals surface area contributed by atoms with Gasteiger partial charge in [-0.1, -0.05) is 15.9 Å². The van der Waals surface area contributed by atoms with Gasteiger partial charge in [-0.15, -0.1) is 0 Å². The van der Waals surface area contributed by atoms with Crippen molar-refractivity contribution in [3.05, 3.63) is 27.7 Å². The maximum absolute atomic E-state index is 10.9. The number of benzene rings is 1. The monoisotopic (exact) mass is 286 g/mol. The first kappa shape index (κ1) is 13.2. The second-order valence-electron chi connectivity index (χ2n) is 3.62. The average Bonchev–Trinajstić information content (AvgIpc) is 2.26. The number of methoxy groups -OCH3 is 1. The van der Waals surface area contributed by atoms with Crippen molar-refractivity contribution >= 4 is 22.2 Å². The van der Waals surface area contributed by atoms with Crippen molar-refractivity contribution in [2.45, 2.75) is 20.0 Å². The van der Waals surface area contributed by atoms with Crippen LogP contribution in [-0.4, -0.2) is 26.1 Å². The SMILES string of the molecule is COC(C)COc1c(C)cc(Br)cc1C=O. The first-order chi connectivity index (χ1) is 7.58. The molecule has 16 heavy (non-hydrogen) atoms. The molecule has 0 aromatic heterocycles. The van der Waals surface area contributed by atoms with Gasteiger partial charge in [0.2, 0.25) is 0 Å². The van der Waals surface area contributed by atoms with E-state index in [2.05, 4.69) is 15.9 Å². The molecule has 3 nitrogen and oxygen atoms in total. The van der Waals surface area contributed by atoms with Gasteiger partial charge < -0.3 is 9.47 Å². The van der Waals surface area contributed by atoms with Crippen LogP contribution in [0, 0.1) is 6.92 Å². The summed E-state index contributed by atoms with van der Waals surface area (Å²) in [5, 5.41) is 0. The summed E-state index contributed by atoms with van der Waals surface area (Å²) in [6.45, 7) is 4.25. The van der Waals surface area contributed by atoms with Crippen LogP contribution in [0.4, 0.5) is 0 Å². The molecule has 0 amide bonds. The normalized spacial score (nSPS) is 12.2.